The molecule has 0 saturated heterocycles. The normalized spacial score (nSPS) is 13.2. The molecule has 4 heteroatoms. The Morgan fingerprint density at radius 2 is 1.45 bits per heavy atom. The molecule has 20 heavy (non-hydrogen) atoms. The van der Waals surface area contributed by atoms with E-state index in [1.54, 1.807) is 12.1 Å². The van der Waals surface area contributed by atoms with E-state index in [-0.39, 0.29) is 51.4 Å². The van der Waals surface area contributed by atoms with E-state index in [0.29, 0.717) is 16.6 Å². The minimum atomic E-state index is -3.18. The van der Waals surface area contributed by atoms with Crippen molar-refractivity contribution in [3.63, 3.8) is 0 Å². The predicted octanol–water partition coefficient (Wildman–Crippen LogP) is 2.47. The van der Waals surface area contributed by atoms with Crippen molar-refractivity contribution in [2.45, 2.75) is 20.8 Å². The summed E-state index contributed by atoms with van der Waals surface area (Å²) in [5.74, 6) is 0. The number of carbonyl (C=O) groups excluding carboxylic acids is 1. The molecule has 0 saturated carbocycles. The number of carbonyl (C=O) groups is 1. The summed E-state index contributed by atoms with van der Waals surface area (Å²) in [7, 11) is -3.18. The van der Waals surface area contributed by atoms with Crippen LogP contribution in [-0.2, 0) is 9.36 Å². The summed E-state index contributed by atoms with van der Waals surface area (Å²) in [5.41, 5.74) is 2.94. The molecule has 0 radical (unpaired) electrons. The van der Waals surface area contributed by atoms with Gasteiger partial charge in [-0.25, -0.2) is 0 Å². The molecule has 0 amide bonds. The zero-order chi connectivity index (χ0) is 14.0. The first-order valence-electron chi connectivity index (χ1n) is 6.19. The first kappa shape index (κ1) is 18.0. The van der Waals surface area contributed by atoms with Gasteiger partial charge in [-0.15, -0.1) is 0 Å². The van der Waals surface area contributed by atoms with Crippen LogP contribution in [0.4, 0.5) is 0 Å². The van der Waals surface area contributed by atoms with Crippen molar-refractivity contribution >= 4 is 75.2 Å². The van der Waals surface area contributed by atoms with Crippen LogP contribution in [-0.4, -0.2) is 57.4 Å². The summed E-state index contributed by atoms with van der Waals surface area (Å²) in [4.78, 5) is 11.6. The molecule has 0 fully saturated rings. The van der Waals surface area contributed by atoms with E-state index >= 15 is 0 Å². The standard InChI is InChI=1S/C16H17O2P.K.H/c1-12-9-13(2)16(14(3)10-12)19(18,11-17)15-7-5-4-6-8-15;;/h4-11H,1-3H3;;. The molecule has 0 spiro atoms. The van der Waals surface area contributed by atoms with E-state index in [9.17, 15) is 9.36 Å². The van der Waals surface area contributed by atoms with Gasteiger partial charge in [-0.1, -0.05) is 48.0 Å². The molecule has 2 rings (SSSR count). The molecule has 2 aromatic carbocycles. The Labute approximate surface area is 162 Å². The Bertz CT molecular complexity index is 642. The number of benzene rings is 2. The summed E-state index contributed by atoms with van der Waals surface area (Å²) in [5, 5.41) is 1.28. The minimum absolute atomic E-state index is 0. The molecule has 2 nitrogen and oxygen atoms in total. The fourth-order valence-electron chi connectivity index (χ4n) is 2.59. The molecule has 100 valence electrons. The Kier molecular flexibility index (Phi) is 6.58. The van der Waals surface area contributed by atoms with Crippen LogP contribution < -0.4 is 10.6 Å². The number of aryl methyl sites for hydroxylation is 3. The van der Waals surface area contributed by atoms with Crippen molar-refractivity contribution in [2.24, 2.45) is 0 Å². The number of hydrogen-bond donors (Lipinski definition) is 0. The van der Waals surface area contributed by atoms with E-state index < -0.39 is 7.14 Å². The molecule has 1 atom stereocenters. The topological polar surface area (TPSA) is 34.1 Å². The van der Waals surface area contributed by atoms with Gasteiger partial charge in [0.05, 0.1) is 0 Å². The fraction of sp³-hybridized carbons (Fsp3) is 0.188. The van der Waals surface area contributed by atoms with E-state index in [1.165, 1.54) is 0 Å². The van der Waals surface area contributed by atoms with E-state index in [0.717, 1.165) is 16.7 Å². The van der Waals surface area contributed by atoms with Gasteiger partial charge in [0.25, 0.3) is 0 Å². The second kappa shape index (κ2) is 7.30. The molecule has 0 aliphatic carbocycles. The van der Waals surface area contributed by atoms with Gasteiger partial charge in [-0.2, -0.15) is 0 Å². The fourth-order valence-corrected chi connectivity index (χ4v) is 4.87. The van der Waals surface area contributed by atoms with Gasteiger partial charge < -0.3 is 4.57 Å². The van der Waals surface area contributed by atoms with Crippen molar-refractivity contribution in [1.82, 2.24) is 0 Å². The Balaban J connectivity index is 0.00000200. The Hall–Kier alpha value is -0.0236. The molecule has 0 aliphatic rings. The first-order chi connectivity index (χ1) is 8.99. The summed E-state index contributed by atoms with van der Waals surface area (Å²) < 4.78 is 13.2. The third-order valence-corrected chi connectivity index (χ3v) is 5.99. The maximum absolute atomic E-state index is 13.2. The third kappa shape index (κ3) is 3.41. The molecule has 2 aromatic rings. The van der Waals surface area contributed by atoms with Crippen LogP contribution in [0.5, 0.6) is 0 Å². The summed E-state index contributed by atoms with van der Waals surface area (Å²) in [6, 6.07) is 13.6. The van der Waals surface area contributed by atoms with Crippen LogP contribution >= 0.6 is 7.14 Å². The molecular weight excluding hydrogens is 294 g/mol. The van der Waals surface area contributed by atoms with Gasteiger partial charge in [-0.3, -0.25) is 4.79 Å². The van der Waals surface area contributed by atoms with E-state index in [1.807, 2.05) is 51.1 Å². The average molecular weight is 312 g/mol. The zero-order valence-electron chi connectivity index (χ0n) is 11.4. The van der Waals surface area contributed by atoms with Crippen LogP contribution in [0.25, 0.3) is 0 Å². The molecule has 0 heterocycles. The van der Waals surface area contributed by atoms with Crippen molar-refractivity contribution in [3.05, 3.63) is 59.2 Å². The summed E-state index contributed by atoms with van der Waals surface area (Å²) in [6.45, 7) is 5.82. The van der Waals surface area contributed by atoms with Crippen molar-refractivity contribution < 1.29 is 9.36 Å². The Morgan fingerprint density at radius 3 is 1.90 bits per heavy atom. The summed E-state index contributed by atoms with van der Waals surface area (Å²) in [6.07, 6.45) is 0. The van der Waals surface area contributed by atoms with Gasteiger partial charge in [0, 0.05) is 10.6 Å². The van der Waals surface area contributed by atoms with Gasteiger partial charge >= 0.3 is 51.4 Å². The molecule has 0 aromatic heterocycles. The second-order valence-corrected chi connectivity index (χ2v) is 7.34. The van der Waals surface area contributed by atoms with Crippen LogP contribution in [0.15, 0.2) is 42.5 Å². The molecule has 0 aliphatic heterocycles. The first-order valence-corrected chi connectivity index (χ1v) is 7.97. The van der Waals surface area contributed by atoms with E-state index in [2.05, 4.69) is 0 Å². The van der Waals surface area contributed by atoms with Gasteiger partial charge in [0.2, 0.25) is 7.14 Å². The molecule has 0 N–H and O–H groups in total. The molecule has 1 unspecified atom stereocenters. The maximum atomic E-state index is 13.2. The second-order valence-electron chi connectivity index (χ2n) is 4.85. The van der Waals surface area contributed by atoms with Gasteiger partial charge in [0.1, 0.15) is 0 Å². The van der Waals surface area contributed by atoms with Gasteiger partial charge in [-0.05, 0) is 31.9 Å². The quantitative estimate of drug-likeness (QED) is 0.496. The third-order valence-electron chi connectivity index (χ3n) is 3.26. The number of hydrogen-bond acceptors (Lipinski definition) is 2. The van der Waals surface area contributed by atoms with Crippen LogP contribution in [0, 0.1) is 20.8 Å². The molecule has 0 bridgehead atoms. The number of rotatable bonds is 3. The SMILES string of the molecule is Cc1cc(C)c(P(=O)(C=O)c2ccccc2)c(C)c1.[KH]. The van der Waals surface area contributed by atoms with Crippen molar-refractivity contribution in [2.75, 3.05) is 0 Å². The molecular formula is C16H18KO2P. The van der Waals surface area contributed by atoms with Gasteiger partial charge in [0.15, 0.2) is 6.03 Å². The summed E-state index contributed by atoms with van der Waals surface area (Å²) >= 11 is 0. The zero-order valence-corrected chi connectivity index (χ0v) is 12.3. The van der Waals surface area contributed by atoms with Crippen molar-refractivity contribution in [3.8, 4) is 0 Å². The Morgan fingerprint density at radius 1 is 0.950 bits per heavy atom. The van der Waals surface area contributed by atoms with Crippen molar-refractivity contribution in [1.29, 1.82) is 0 Å². The average Bonchev–Trinajstić information content (AvgIpc) is 2.38. The van der Waals surface area contributed by atoms with Crippen LogP contribution in [0.2, 0.25) is 0 Å². The monoisotopic (exact) mass is 312 g/mol. The van der Waals surface area contributed by atoms with Crippen LogP contribution in [0.3, 0.4) is 0 Å². The van der Waals surface area contributed by atoms with E-state index in [4.69, 9.17) is 0 Å². The van der Waals surface area contributed by atoms with Crippen LogP contribution in [0.1, 0.15) is 16.7 Å². The predicted molar refractivity (Wildman–Crippen MR) is 87.9 cm³/mol.